The lowest BCUT2D eigenvalue weighted by molar-refractivity contribution is -0.142. The number of carboxylic acids is 1. The van der Waals surface area contributed by atoms with E-state index in [1.54, 1.807) is 24.4 Å². The van der Waals surface area contributed by atoms with Gasteiger partial charge in [-0.1, -0.05) is 25.0 Å². The molecule has 4 rings (SSSR count). The van der Waals surface area contributed by atoms with Crippen molar-refractivity contribution in [1.29, 1.82) is 0 Å². The van der Waals surface area contributed by atoms with Crippen LogP contribution in [0.4, 0.5) is 4.39 Å². The lowest BCUT2D eigenvalue weighted by atomic mass is 9.85. The monoisotopic (exact) mass is 360 g/mol. The first-order valence-electron chi connectivity index (χ1n) is 8.81. The molecule has 132 valence electrons. The molecule has 1 aromatic carbocycles. The fourth-order valence-corrected chi connectivity index (χ4v) is 5.29. The molecule has 3 atom stereocenters. The van der Waals surface area contributed by atoms with Gasteiger partial charge in [-0.2, -0.15) is 0 Å². The fourth-order valence-electron chi connectivity index (χ4n) is 4.34. The molecule has 0 amide bonds. The van der Waals surface area contributed by atoms with E-state index in [0.717, 1.165) is 24.1 Å². The van der Waals surface area contributed by atoms with Crippen LogP contribution in [0.5, 0.6) is 0 Å². The molecule has 0 spiro atoms. The highest BCUT2D eigenvalue weighted by Crippen LogP contribution is 2.41. The number of benzene rings is 1. The summed E-state index contributed by atoms with van der Waals surface area (Å²) in [6.45, 7) is 0.588. The maximum atomic E-state index is 14.0. The summed E-state index contributed by atoms with van der Waals surface area (Å²) in [6, 6.07) is 6.57. The Labute approximate surface area is 150 Å². The normalized spacial score (nSPS) is 26.5. The smallest absolute Gasteiger partial charge is 0.320 e. The highest BCUT2D eigenvalue weighted by molar-refractivity contribution is 7.15. The van der Waals surface area contributed by atoms with E-state index in [2.05, 4.69) is 9.88 Å². The molecule has 2 fully saturated rings. The lowest BCUT2D eigenvalue weighted by Crippen LogP contribution is -2.41. The van der Waals surface area contributed by atoms with Gasteiger partial charge in [-0.3, -0.25) is 9.69 Å². The van der Waals surface area contributed by atoms with Gasteiger partial charge >= 0.3 is 5.97 Å². The Kier molecular flexibility index (Phi) is 4.56. The van der Waals surface area contributed by atoms with Crippen LogP contribution in [0.3, 0.4) is 0 Å². The Balaban J connectivity index is 1.56. The van der Waals surface area contributed by atoms with Crippen molar-refractivity contribution >= 4 is 17.3 Å². The molecular formula is C19H21FN2O2S. The van der Waals surface area contributed by atoms with E-state index in [-0.39, 0.29) is 5.82 Å². The molecule has 6 heteroatoms. The molecule has 2 aromatic rings. The molecule has 3 unspecified atom stereocenters. The number of halogens is 1. The minimum atomic E-state index is -0.728. The summed E-state index contributed by atoms with van der Waals surface area (Å²) in [7, 11) is 0. The second-order valence-electron chi connectivity index (χ2n) is 6.99. The second kappa shape index (κ2) is 6.84. The Morgan fingerprint density at radius 3 is 2.92 bits per heavy atom. The predicted molar refractivity (Wildman–Crippen MR) is 94.8 cm³/mol. The number of nitrogens with zero attached hydrogens (tertiary/aromatic N) is 2. The minimum absolute atomic E-state index is 0.277. The predicted octanol–water partition coefficient (Wildman–Crippen LogP) is 4.17. The molecule has 0 bridgehead atoms. The van der Waals surface area contributed by atoms with Gasteiger partial charge in [0.05, 0.1) is 0 Å². The Morgan fingerprint density at radius 2 is 2.12 bits per heavy atom. The molecule has 1 aromatic heterocycles. The summed E-state index contributed by atoms with van der Waals surface area (Å²) in [5.74, 6) is -0.512. The third-order valence-corrected chi connectivity index (χ3v) is 6.52. The summed E-state index contributed by atoms with van der Waals surface area (Å²) < 4.78 is 14.0. The van der Waals surface area contributed by atoms with E-state index >= 15 is 0 Å². The molecular weight excluding hydrogens is 339 g/mol. The third kappa shape index (κ3) is 3.20. The molecule has 0 radical (unpaired) electrons. The number of likely N-dealkylation sites (tertiary alicyclic amines) is 1. The van der Waals surface area contributed by atoms with E-state index in [4.69, 9.17) is 0 Å². The van der Waals surface area contributed by atoms with E-state index in [9.17, 15) is 14.3 Å². The number of aromatic nitrogens is 1. The molecule has 1 saturated heterocycles. The van der Waals surface area contributed by atoms with Crippen molar-refractivity contribution in [3.63, 3.8) is 0 Å². The summed E-state index contributed by atoms with van der Waals surface area (Å²) in [5.41, 5.74) is 0.505. The van der Waals surface area contributed by atoms with Gasteiger partial charge in [0.15, 0.2) is 0 Å². The molecule has 1 saturated carbocycles. The van der Waals surface area contributed by atoms with Crippen molar-refractivity contribution in [1.82, 2.24) is 9.88 Å². The third-order valence-electron chi connectivity index (χ3n) is 5.50. The number of hydrogen-bond donors (Lipinski definition) is 1. The number of carboxylic acid groups (broad SMARTS) is 1. The van der Waals surface area contributed by atoms with Crippen molar-refractivity contribution in [2.24, 2.45) is 5.92 Å². The Bertz CT molecular complexity index is 778. The molecule has 2 heterocycles. The minimum Gasteiger partial charge on any atom is -0.480 e. The van der Waals surface area contributed by atoms with Gasteiger partial charge in [0.25, 0.3) is 0 Å². The van der Waals surface area contributed by atoms with Crippen molar-refractivity contribution < 1.29 is 14.3 Å². The summed E-state index contributed by atoms with van der Waals surface area (Å²) in [5, 5.41) is 10.3. The number of aliphatic carboxylic acids is 1. The van der Waals surface area contributed by atoms with Crippen LogP contribution in [0.1, 0.15) is 37.0 Å². The first kappa shape index (κ1) is 16.7. The Morgan fingerprint density at radius 1 is 1.32 bits per heavy atom. The highest BCUT2D eigenvalue weighted by atomic mass is 32.1. The summed E-state index contributed by atoms with van der Waals surface area (Å²) >= 11 is 1.45. The largest absolute Gasteiger partial charge is 0.480 e. The highest BCUT2D eigenvalue weighted by Gasteiger charge is 2.45. The quantitative estimate of drug-likeness (QED) is 0.889. The van der Waals surface area contributed by atoms with Crippen LogP contribution in [0.15, 0.2) is 30.5 Å². The van der Waals surface area contributed by atoms with Crippen LogP contribution >= 0.6 is 11.3 Å². The van der Waals surface area contributed by atoms with Gasteiger partial charge < -0.3 is 5.11 Å². The maximum Gasteiger partial charge on any atom is 0.320 e. The topological polar surface area (TPSA) is 53.4 Å². The first-order valence-corrected chi connectivity index (χ1v) is 9.63. The van der Waals surface area contributed by atoms with E-state index < -0.39 is 12.0 Å². The fraction of sp³-hybridized carbons (Fsp3) is 0.474. The molecule has 2 aliphatic rings. The average Bonchev–Trinajstić information content (AvgIpc) is 3.21. The maximum absolute atomic E-state index is 14.0. The van der Waals surface area contributed by atoms with Crippen molar-refractivity contribution in [3.8, 4) is 10.6 Å². The van der Waals surface area contributed by atoms with Crippen molar-refractivity contribution in [2.45, 2.75) is 50.7 Å². The molecule has 25 heavy (non-hydrogen) atoms. The van der Waals surface area contributed by atoms with E-state index in [1.165, 1.54) is 30.2 Å². The Hall–Kier alpha value is -1.79. The van der Waals surface area contributed by atoms with Crippen LogP contribution in [-0.4, -0.2) is 33.0 Å². The molecule has 4 nitrogen and oxygen atoms in total. The summed E-state index contributed by atoms with van der Waals surface area (Å²) in [6.07, 6.45) is 7.11. The van der Waals surface area contributed by atoms with Gasteiger partial charge in [0, 0.05) is 29.2 Å². The standard InChI is InChI=1S/C19H21FN2O2S/c20-15-7-3-2-6-14(15)18-21-10-13(25-18)11-22-16-8-4-1-5-12(16)9-17(22)19(23)24/h2-3,6-7,10,12,16-17H,1,4-5,8-9,11H2,(H,23,24). The van der Waals surface area contributed by atoms with Crippen LogP contribution in [0.2, 0.25) is 0 Å². The number of rotatable bonds is 4. The number of thiazole rings is 1. The first-order chi connectivity index (χ1) is 12.1. The van der Waals surface area contributed by atoms with Crippen LogP contribution in [0.25, 0.3) is 10.6 Å². The van der Waals surface area contributed by atoms with Crippen LogP contribution in [-0.2, 0) is 11.3 Å². The van der Waals surface area contributed by atoms with Gasteiger partial charge in [-0.15, -0.1) is 11.3 Å². The van der Waals surface area contributed by atoms with Gasteiger partial charge in [0.2, 0.25) is 0 Å². The zero-order valence-electron chi connectivity index (χ0n) is 13.9. The number of hydrogen-bond acceptors (Lipinski definition) is 4. The zero-order valence-corrected chi connectivity index (χ0v) is 14.7. The molecule has 1 N–H and O–H groups in total. The average molecular weight is 360 g/mol. The zero-order chi connectivity index (χ0) is 17.4. The van der Waals surface area contributed by atoms with Crippen LogP contribution in [0, 0.1) is 11.7 Å². The van der Waals surface area contributed by atoms with E-state index in [1.807, 2.05) is 0 Å². The molecule has 1 aliphatic heterocycles. The SMILES string of the molecule is O=C(O)C1CC2CCCCC2N1Cc1cnc(-c2ccccc2F)s1. The number of carbonyl (C=O) groups is 1. The van der Waals surface area contributed by atoms with Gasteiger partial charge in [0.1, 0.15) is 16.9 Å². The number of fused-ring (bicyclic) bond motifs is 1. The van der Waals surface area contributed by atoms with Crippen molar-refractivity contribution in [3.05, 3.63) is 41.2 Å². The van der Waals surface area contributed by atoms with Gasteiger partial charge in [-0.25, -0.2) is 9.37 Å². The van der Waals surface area contributed by atoms with Crippen LogP contribution < -0.4 is 0 Å². The molecule has 1 aliphatic carbocycles. The second-order valence-corrected chi connectivity index (χ2v) is 8.10. The van der Waals surface area contributed by atoms with Crippen molar-refractivity contribution in [2.75, 3.05) is 0 Å². The van der Waals surface area contributed by atoms with Gasteiger partial charge in [-0.05, 0) is 37.3 Å². The lowest BCUT2D eigenvalue weighted by Gasteiger charge is -2.32. The van der Waals surface area contributed by atoms with E-state index in [0.29, 0.717) is 29.1 Å². The summed E-state index contributed by atoms with van der Waals surface area (Å²) in [4.78, 5) is 19.2.